The molecule has 3 aromatic rings. The van der Waals surface area contributed by atoms with Crippen LogP contribution in [0.15, 0.2) is 40.8 Å². The van der Waals surface area contributed by atoms with Crippen LogP contribution >= 0.6 is 11.6 Å². The second-order valence-electron chi connectivity index (χ2n) is 10.7. The smallest absolute Gasteiger partial charge is 0.409 e. The summed E-state index contributed by atoms with van der Waals surface area (Å²) in [7, 11) is 1.30. The minimum Gasteiger partial charge on any atom is -0.453 e. The Labute approximate surface area is 232 Å². The summed E-state index contributed by atoms with van der Waals surface area (Å²) in [4.78, 5) is 28.0. The van der Waals surface area contributed by atoms with E-state index in [1.165, 1.54) is 7.11 Å². The first-order chi connectivity index (χ1) is 19.0. The molecule has 0 unspecified atom stereocenters. The number of anilines is 1. The summed E-state index contributed by atoms with van der Waals surface area (Å²) in [5, 5.41) is 8.64. The van der Waals surface area contributed by atoms with Crippen LogP contribution < -0.4 is 10.6 Å². The van der Waals surface area contributed by atoms with Gasteiger partial charge in [-0.05, 0) is 48.6 Å². The molecule has 2 N–H and O–H groups in total. The Morgan fingerprint density at radius 3 is 2.62 bits per heavy atom. The van der Waals surface area contributed by atoms with E-state index in [0.717, 1.165) is 11.0 Å². The second kappa shape index (κ2) is 9.48. The molecule has 1 atom stereocenters. The number of hydrogen-bond donors (Lipinski definition) is 1. The highest BCUT2D eigenvalue weighted by molar-refractivity contribution is 6.30. The lowest BCUT2D eigenvalue weighted by Crippen LogP contribution is -2.60. The van der Waals surface area contributed by atoms with E-state index < -0.39 is 47.2 Å². The maximum Gasteiger partial charge on any atom is 0.409 e. The summed E-state index contributed by atoms with van der Waals surface area (Å²) >= 11 is 5.97. The molecule has 3 aliphatic heterocycles. The molecule has 7 rings (SSSR count). The molecule has 2 saturated heterocycles. The van der Waals surface area contributed by atoms with Gasteiger partial charge in [-0.1, -0.05) is 23.7 Å². The van der Waals surface area contributed by atoms with Crippen molar-refractivity contribution in [3.63, 3.8) is 0 Å². The Morgan fingerprint density at radius 1 is 1.20 bits per heavy atom. The van der Waals surface area contributed by atoms with Crippen LogP contribution in [0.1, 0.15) is 36.3 Å². The predicted molar refractivity (Wildman–Crippen MR) is 137 cm³/mol. The highest BCUT2D eigenvalue weighted by Crippen LogP contribution is 2.52. The Bertz CT molecular complexity index is 1490. The number of amides is 2. The quantitative estimate of drug-likeness (QED) is 0.483. The van der Waals surface area contributed by atoms with E-state index in [2.05, 4.69) is 10.2 Å². The van der Waals surface area contributed by atoms with Crippen LogP contribution in [0.5, 0.6) is 0 Å². The number of rotatable bonds is 4. The molecule has 0 spiro atoms. The molecule has 9 nitrogen and oxygen atoms in total. The van der Waals surface area contributed by atoms with E-state index in [-0.39, 0.29) is 35.5 Å². The van der Waals surface area contributed by atoms with E-state index in [4.69, 9.17) is 26.5 Å². The molecule has 0 radical (unpaired) electrons. The molecule has 13 heteroatoms. The molecule has 2 bridgehead atoms. The largest absolute Gasteiger partial charge is 0.453 e. The Kier molecular flexibility index (Phi) is 6.30. The summed E-state index contributed by atoms with van der Waals surface area (Å²) in [5.74, 6) is -5.07. The molecule has 2 amide bonds. The van der Waals surface area contributed by atoms with Crippen molar-refractivity contribution in [2.45, 2.75) is 43.2 Å². The van der Waals surface area contributed by atoms with Gasteiger partial charge in [0.2, 0.25) is 11.8 Å². The van der Waals surface area contributed by atoms with Gasteiger partial charge in [-0.3, -0.25) is 4.79 Å². The number of benzene rings is 2. The van der Waals surface area contributed by atoms with Gasteiger partial charge in [0, 0.05) is 30.1 Å². The number of methoxy groups -OCH3 is 1. The van der Waals surface area contributed by atoms with Crippen LogP contribution in [0.2, 0.25) is 5.02 Å². The van der Waals surface area contributed by atoms with Crippen molar-refractivity contribution in [1.29, 1.82) is 0 Å². The van der Waals surface area contributed by atoms with Gasteiger partial charge >= 0.3 is 6.09 Å². The van der Waals surface area contributed by atoms with Gasteiger partial charge in [0.1, 0.15) is 5.82 Å². The molecule has 4 heterocycles. The second-order valence-corrected chi connectivity index (χ2v) is 11.2. The molecule has 4 aliphatic rings. The average molecular weight is 576 g/mol. The first-order valence-electron chi connectivity index (χ1n) is 12.7. The zero-order valence-electron chi connectivity index (χ0n) is 21.4. The van der Waals surface area contributed by atoms with E-state index in [9.17, 15) is 9.59 Å². The Hall–Kier alpha value is -3.64. The summed E-state index contributed by atoms with van der Waals surface area (Å²) in [6.45, 7) is 0.765. The highest BCUT2D eigenvalue weighted by atomic mass is 35.5. The van der Waals surface area contributed by atoms with Crippen LogP contribution in [0, 0.1) is 11.7 Å². The zero-order chi connectivity index (χ0) is 28.4. The molecule has 1 aliphatic carbocycles. The predicted octanol–water partition coefficient (Wildman–Crippen LogP) is 4.61. The van der Waals surface area contributed by atoms with Crippen LogP contribution in [0.3, 0.4) is 0 Å². The summed E-state index contributed by atoms with van der Waals surface area (Å²) in [6, 6.07) is 6.86. The number of aromatic nitrogens is 2. The monoisotopic (exact) mass is 575 g/mol. The molecule has 1 saturated carbocycles. The Balaban J connectivity index is 1.39. The van der Waals surface area contributed by atoms with E-state index in [0.29, 0.717) is 42.6 Å². The lowest BCUT2D eigenvalue weighted by atomic mass is 9.58. The lowest BCUT2D eigenvalue weighted by molar-refractivity contribution is -0.122. The van der Waals surface area contributed by atoms with Crippen molar-refractivity contribution in [3.05, 3.63) is 64.3 Å². The number of carbonyl (C=O) groups is 2. The number of nitrogens with zero attached hydrogens (tertiary/aromatic N) is 4. The molecule has 40 heavy (non-hydrogen) atoms. The third-order valence-electron chi connectivity index (χ3n) is 7.96. The molecular weight excluding hydrogens is 551 g/mol. The topological polar surface area (TPSA) is 115 Å². The van der Waals surface area contributed by atoms with Gasteiger partial charge in [-0.2, -0.15) is 0 Å². The molecule has 1 aromatic heterocycles. The first kappa shape index (κ1) is 26.6. The minimum absolute atomic E-state index is 0.0964. The third kappa shape index (κ3) is 4.39. The summed E-state index contributed by atoms with van der Waals surface area (Å²) in [6.07, 6.45) is -0.0143. The maximum absolute atomic E-state index is 15.4. The fourth-order valence-electron chi connectivity index (χ4n) is 6.07. The fourth-order valence-corrected chi connectivity index (χ4v) is 6.20. The minimum atomic E-state index is -3.57. The number of halogens is 4. The standard InChI is InChI=1S/C27H25ClF3N5O4/c1-39-25(38)35-11-15-8-26(9-15,13-35)24-34-33-22(40-24)17-6-21-18(7-19(17)29)27(30,31)10-20(32)23(37)36(21)12-14-2-4-16(28)5-3-14/h2-7,15,20H,8-13,32H2,1H3/t15?,20-,26?/m1/s1. The molecule has 3 fully saturated rings. The van der Waals surface area contributed by atoms with Crippen molar-refractivity contribution in [1.82, 2.24) is 15.1 Å². The number of carbonyl (C=O) groups excluding carboxylic acids is 2. The van der Waals surface area contributed by atoms with Crippen molar-refractivity contribution >= 4 is 29.3 Å². The number of piperidine rings is 2. The van der Waals surface area contributed by atoms with Crippen molar-refractivity contribution in [2.75, 3.05) is 25.1 Å². The lowest BCUT2D eigenvalue weighted by Gasteiger charge is -2.53. The van der Waals surface area contributed by atoms with Gasteiger partial charge < -0.3 is 24.7 Å². The Morgan fingerprint density at radius 2 is 1.93 bits per heavy atom. The van der Waals surface area contributed by atoms with Gasteiger partial charge in [0.05, 0.1) is 36.4 Å². The summed E-state index contributed by atoms with van der Waals surface area (Å²) in [5.41, 5.74) is 4.79. The third-order valence-corrected chi connectivity index (χ3v) is 8.21. The van der Waals surface area contributed by atoms with Crippen LogP contribution in [-0.4, -0.2) is 53.3 Å². The molecule has 210 valence electrons. The maximum atomic E-state index is 15.4. The van der Waals surface area contributed by atoms with Gasteiger partial charge in [0.25, 0.3) is 11.8 Å². The number of hydrogen-bond acceptors (Lipinski definition) is 7. The highest BCUT2D eigenvalue weighted by Gasteiger charge is 2.56. The summed E-state index contributed by atoms with van der Waals surface area (Å²) < 4.78 is 56.7. The van der Waals surface area contributed by atoms with Gasteiger partial charge in [-0.25, -0.2) is 18.0 Å². The number of ether oxygens (including phenoxy) is 1. The fraction of sp³-hybridized carbons (Fsp3) is 0.407. The SMILES string of the molecule is COC(=O)N1CC2CC(c3nnc(-c4cc5c(cc4F)C(F)(F)C[C@@H](N)C(=O)N5Cc4ccc(Cl)cc4)o3)(C2)C1. The normalized spacial score (nSPS) is 25.2. The van der Waals surface area contributed by atoms with Crippen molar-refractivity contribution in [2.24, 2.45) is 11.7 Å². The zero-order valence-corrected chi connectivity index (χ0v) is 22.1. The van der Waals surface area contributed by atoms with Gasteiger partial charge in [-0.15, -0.1) is 10.2 Å². The first-order valence-corrected chi connectivity index (χ1v) is 13.1. The number of fused-ring (bicyclic) bond motifs is 3. The van der Waals surface area contributed by atoms with Crippen LogP contribution in [0.4, 0.5) is 23.7 Å². The van der Waals surface area contributed by atoms with E-state index in [1.807, 2.05) is 0 Å². The number of nitrogens with two attached hydrogens (primary N) is 1. The van der Waals surface area contributed by atoms with Crippen molar-refractivity contribution < 1.29 is 31.9 Å². The average Bonchev–Trinajstić information content (AvgIpc) is 3.39. The van der Waals surface area contributed by atoms with Crippen LogP contribution in [0.25, 0.3) is 11.5 Å². The van der Waals surface area contributed by atoms with E-state index >= 15 is 13.2 Å². The van der Waals surface area contributed by atoms with Crippen molar-refractivity contribution in [3.8, 4) is 11.5 Å². The van der Waals surface area contributed by atoms with Crippen LogP contribution in [-0.2, 0) is 27.4 Å². The molecule has 2 aromatic carbocycles. The molecular formula is C27H25ClF3N5O4. The van der Waals surface area contributed by atoms with E-state index in [1.54, 1.807) is 29.2 Å². The number of alkyl halides is 2. The van der Waals surface area contributed by atoms with Gasteiger partial charge in [0.15, 0.2) is 0 Å².